The zero-order valence-electron chi connectivity index (χ0n) is 8.24. The van der Waals surface area contributed by atoms with Crippen LogP contribution in [0.15, 0.2) is 12.4 Å². The van der Waals surface area contributed by atoms with E-state index in [0.29, 0.717) is 17.0 Å². The number of nitrogens with one attached hydrogen (secondary N) is 2. The molecule has 2 rings (SSSR count). The first-order chi connectivity index (χ1) is 6.84. The second kappa shape index (κ2) is 6.10. The molecule has 0 saturated carbocycles. The summed E-state index contributed by atoms with van der Waals surface area (Å²) >= 11 is 5.67. The Balaban J connectivity index is 0.00000112. The van der Waals surface area contributed by atoms with E-state index in [9.17, 15) is 0 Å². The van der Waals surface area contributed by atoms with Gasteiger partial charge in [-0.15, -0.1) is 12.4 Å². The lowest BCUT2D eigenvalue weighted by Crippen LogP contribution is -2.29. The summed E-state index contributed by atoms with van der Waals surface area (Å²) in [6.07, 6.45) is 5.67. The predicted molar refractivity (Wildman–Crippen MR) is 63.8 cm³/mol. The van der Waals surface area contributed by atoms with Crippen molar-refractivity contribution in [3.8, 4) is 0 Å². The van der Waals surface area contributed by atoms with Gasteiger partial charge in [0.15, 0.2) is 0 Å². The van der Waals surface area contributed by atoms with Crippen LogP contribution in [0.4, 0.5) is 5.95 Å². The fourth-order valence-electron chi connectivity index (χ4n) is 1.55. The van der Waals surface area contributed by atoms with Gasteiger partial charge in [-0.2, -0.15) is 0 Å². The third kappa shape index (κ3) is 3.81. The molecular formula is C9H14Cl2N4. The van der Waals surface area contributed by atoms with E-state index in [1.165, 1.54) is 12.8 Å². The van der Waals surface area contributed by atoms with Crippen molar-refractivity contribution in [3.63, 3.8) is 0 Å². The molecule has 84 valence electrons. The first-order valence-electron chi connectivity index (χ1n) is 4.79. The Morgan fingerprint density at radius 1 is 1.47 bits per heavy atom. The molecule has 2 N–H and O–H groups in total. The molecule has 1 unspecified atom stereocenters. The maximum absolute atomic E-state index is 5.67. The van der Waals surface area contributed by atoms with Gasteiger partial charge >= 0.3 is 0 Å². The van der Waals surface area contributed by atoms with Crippen LogP contribution >= 0.6 is 24.0 Å². The van der Waals surface area contributed by atoms with Crippen LogP contribution in [0.1, 0.15) is 12.8 Å². The van der Waals surface area contributed by atoms with Crippen molar-refractivity contribution in [3.05, 3.63) is 17.4 Å². The molecule has 1 aromatic heterocycles. The number of hydrogen-bond acceptors (Lipinski definition) is 4. The zero-order chi connectivity index (χ0) is 9.80. The highest BCUT2D eigenvalue weighted by Crippen LogP contribution is 2.08. The summed E-state index contributed by atoms with van der Waals surface area (Å²) in [4.78, 5) is 8.11. The van der Waals surface area contributed by atoms with Gasteiger partial charge in [-0.1, -0.05) is 11.6 Å². The van der Waals surface area contributed by atoms with Gasteiger partial charge in [0.2, 0.25) is 5.95 Å². The molecule has 2 heterocycles. The normalized spacial score (nSPS) is 19.7. The number of nitrogens with zero attached hydrogens (tertiary/aromatic N) is 2. The molecule has 0 radical (unpaired) electrons. The van der Waals surface area contributed by atoms with Gasteiger partial charge in [0.05, 0.1) is 17.4 Å². The van der Waals surface area contributed by atoms with Crippen LogP contribution in [0, 0.1) is 0 Å². The third-order valence-corrected chi connectivity index (χ3v) is 2.48. The van der Waals surface area contributed by atoms with Gasteiger partial charge < -0.3 is 10.6 Å². The number of anilines is 1. The summed E-state index contributed by atoms with van der Waals surface area (Å²) in [7, 11) is 0. The first-order valence-corrected chi connectivity index (χ1v) is 5.17. The van der Waals surface area contributed by atoms with Gasteiger partial charge in [-0.25, -0.2) is 9.97 Å². The molecule has 0 spiro atoms. The van der Waals surface area contributed by atoms with Crippen molar-refractivity contribution in [1.82, 2.24) is 15.3 Å². The third-order valence-electron chi connectivity index (χ3n) is 2.29. The lowest BCUT2D eigenvalue weighted by Gasteiger charge is -2.10. The molecule has 1 aliphatic heterocycles. The summed E-state index contributed by atoms with van der Waals surface area (Å²) < 4.78 is 0. The highest BCUT2D eigenvalue weighted by atomic mass is 35.5. The van der Waals surface area contributed by atoms with Crippen LogP contribution < -0.4 is 10.6 Å². The Morgan fingerprint density at radius 3 is 2.80 bits per heavy atom. The highest BCUT2D eigenvalue weighted by Gasteiger charge is 2.13. The number of rotatable bonds is 3. The standard InChI is InChI=1S/C9H13ClN4.ClH/c10-7-4-12-9(13-5-7)14-6-8-2-1-3-11-8;/h4-5,8,11H,1-3,6H2,(H,12,13,14);1H. The van der Waals surface area contributed by atoms with Crippen LogP contribution in [0.2, 0.25) is 5.02 Å². The minimum Gasteiger partial charge on any atom is -0.353 e. The minimum atomic E-state index is 0. The molecule has 0 amide bonds. The molecule has 0 aromatic carbocycles. The maximum Gasteiger partial charge on any atom is 0.222 e. The minimum absolute atomic E-state index is 0. The smallest absolute Gasteiger partial charge is 0.222 e. The van der Waals surface area contributed by atoms with E-state index in [4.69, 9.17) is 11.6 Å². The average molecular weight is 249 g/mol. The van der Waals surface area contributed by atoms with E-state index < -0.39 is 0 Å². The summed E-state index contributed by atoms with van der Waals surface area (Å²) in [6.45, 7) is 2.00. The van der Waals surface area contributed by atoms with E-state index in [-0.39, 0.29) is 12.4 Å². The van der Waals surface area contributed by atoms with Crippen molar-refractivity contribution in [2.24, 2.45) is 0 Å². The van der Waals surface area contributed by atoms with Crippen molar-refractivity contribution in [1.29, 1.82) is 0 Å². The molecule has 1 fully saturated rings. The molecule has 0 bridgehead atoms. The first kappa shape index (κ1) is 12.5. The highest BCUT2D eigenvalue weighted by molar-refractivity contribution is 6.30. The molecule has 6 heteroatoms. The zero-order valence-corrected chi connectivity index (χ0v) is 9.81. The molecule has 4 nitrogen and oxygen atoms in total. The lowest BCUT2D eigenvalue weighted by atomic mass is 10.2. The summed E-state index contributed by atoms with van der Waals surface area (Å²) in [5, 5.41) is 7.13. The fourth-order valence-corrected chi connectivity index (χ4v) is 1.65. The van der Waals surface area contributed by atoms with Crippen molar-refractivity contribution in [2.45, 2.75) is 18.9 Å². The monoisotopic (exact) mass is 248 g/mol. The maximum atomic E-state index is 5.67. The predicted octanol–water partition coefficient (Wildman–Crippen LogP) is 1.72. The van der Waals surface area contributed by atoms with Gasteiger partial charge in [0.25, 0.3) is 0 Å². The van der Waals surface area contributed by atoms with Crippen molar-refractivity contribution < 1.29 is 0 Å². The molecule has 15 heavy (non-hydrogen) atoms. The number of halogens is 2. The fraction of sp³-hybridized carbons (Fsp3) is 0.556. The molecule has 0 aliphatic carbocycles. The number of hydrogen-bond donors (Lipinski definition) is 2. The van der Waals surface area contributed by atoms with Gasteiger partial charge in [-0.05, 0) is 19.4 Å². The van der Waals surface area contributed by atoms with Crippen LogP contribution in [0.3, 0.4) is 0 Å². The second-order valence-corrected chi connectivity index (χ2v) is 3.84. The van der Waals surface area contributed by atoms with E-state index in [1.807, 2.05) is 0 Å². The average Bonchev–Trinajstić information content (AvgIpc) is 2.70. The Hall–Kier alpha value is -0.580. The summed E-state index contributed by atoms with van der Waals surface area (Å²) in [5.74, 6) is 0.642. The van der Waals surface area contributed by atoms with Gasteiger partial charge in [0.1, 0.15) is 0 Å². The van der Waals surface area contributed by atoms with Crippen LogP contribution in [-0.2, 0) is 0 Å². The summed E-state index contributed by atoms with van der Waals surface area (Å²) in [6, 6.07) is 0.550. The summed E-state index contributed by atoms with van der Waals surface area (Å²) in [5.41, 5.74) is 0. The van der Waals surface area contributed by atoms with Crippen molar-refractivity contribution >= 4 is 30.0 Å². The van der Waals surface area contributed by atoms with E-state index >= 15 is 0 Å². The van der Waals surface area contributed by atoms with Crippen LogP contribution in [-0.4, -0.2) is 29.1 Å². The molecular weight excluding hydrogens is 235 g/mol. The van der Waals surface area contributed by atoms with Crippen LogP contribution in [0.5, 0.6) is 0 Å². The second-order valence-electron chi connectivity index (χ2n) is 3.40. The van der Waals surface area contributed by atoms with Crippen LogP contribution in [0.25, 0.3) is 0 Å². The van der Waals surface area contributed by atoms with Gasteiger partial charge in [-0.3, -0.25) is 0 Å². The van der Waals surface area contributed by atoms with E-state index in [1.54, 1.807) is 12.4 Å². The molecule has 1 aliphatic rings. The molecule has 1 aromatic rings. The Kier molecular flexibility index (Phi) is 5.08. The van der Waals surface area contributed by atoms with E-state index in [0.717, 1.165) is 13.1 Å². The molecule has 1 saturated heterocycles. The quantitative estimate of drug-likeness (QED) is 0.856. The topological polar surface area (TPSA) is 49.8 Å². The Morgan fingerprint density at radius 2 is 2.20 bits per heavy atom. The number of aromatic nitrogens is 2. The lowest BCUT2D eigenvalue weighted by molar-refractivity contribution is 0.631. The Labute approximate surface area is 100 Å². The largest absolute Gasteiger partial charge is 0.353 e. The van der Waals surface area contributed by atoms with Crippen molar-refractivity contribution in [2.75, 3.05) is 18.4 Å². The molecule has 1 atom stereocenters. The Bertz CT molecular complexity index is 285. The SMILES string of the molecule is Cl.Clc1cnc(NCC2CCCN2)nc1. The van der Waals surface area contributed by atoms with E-state index in [2.05, 4.69) is 20.6 Å². The van der Waals surface area contributed by atoms with Gasteiger partial charge in [0, 0.05) is 12.6 Å².